The van der Waals surface area contributed by atoms with Crippen molar-refractivity contribution in [2.24, 2.45) is 0 Å². The molecule has 1 aromatic heterocycles. The van der Waals surface area contributed by atoms with Crippen molar-refractivity contribution in [1.82, 2.24) is 5.32 Å². The van der Waals surface area contributed by atoms with Gasteiger partial charge in [-0.3, -0.25) is 4.79 Å². The molecule has 0 saturated heterocycles. The molecule has 1 N–H and O–H groups in total. The lowest BCUT2D eigenvalue weighted by Crippen LogP contribution is -2.27. The van der Waals surface area contributed by atoms with Crippen LogP contribution in [0.15, 0.2) is 34.7 Å². The first kappa shape index (κ1) is 11.3. The highest BCUT2D eigenvalue weighted by Crippen LogP contribution is 2.18. The van der Waals surface area contributed by atoms with Crippen molar-refractivity contribution in [3.05, 3.63) is 36.1 Å². The number of rotatable bonds is 3. The number of alkyl halides is 2. The van der Waals surface area contributed by atoms with Crippen LogP contribution in [0.2, 0.25) is 0 Å². The van der Waals surface area contributed by atoms with Gasteiger partial charge in [0.2, 0.25) is 0 Å². The lowest BCUT2D eigenvalue weighted by molar-refractivity contribution is -0.119. The Hall–Kier alpha value is -1.19. The summed E-state index contributed by atoms with van der Waals surface area (Å²) >= 11 is 10.8. The number of hydrogen-bond donors (Lipinski definition) is 1. The van der Waals surface area contributed by atoms with Crippen molar-refractivity contribution in [2.45, 2.75) is 11.4 Å². The summed E-state index contributed by atoms with van der Waals surface area (Å²) in [5.74, 6) is 0.243. The molecule has 0 bridgehead atoms. The SMILES string of the molecule is O=C(NCc1cc2ccccc2o1)C(Cl)Cl. The van der Waals surface area contributed by atoms with Crippen LogP contribution in [0.1, 0.15) is 5.76 Å². The molecule has 1 aromatic carbocycles. The van der Waals surface area contributed by atoms with Crippen molar-refractivity contribution in [2.75, 3.05) is 0 Å². The van der Waals surface area contributed by atoms with E-state index in [0.29, 0.717) is 5.76 Å². The molecule has 3 nitrogen and oxygen atoms in total. The summed E-state index contributed by atoms with van der Waals surface area (Å²) in [6.07, 6.45) is 0. The van der Waals surface area contributed by atoms with Gasteiger partial charge in [0.1, 0.15) is 11.3 Å². The second-order valence-corrected chi connectivity index (χ2v) is 4.37. The highest BCUT2D eigenvalue weighted by Gasteiger charge is 2.11. The molecule has 0 spiro atoms. The van der Waals surface area contributed by atoms with E-state index in [1.54, 1.807) is 0 Å². The van der Waals surface area contributed by atoms with E-state index < -0.39 is 10.7 Å². The fraction of sp³-hybridized carbons (Fsp3) is 0.182. The van der Waals surface area contributed by atoms with Crippen molar-refractivity contribution >= 4 is 40.1 Å². The van der Waals surface area contributed by atoms with E-state index in [9.17, 15) is 4.79 Å². The standard InChI is InChI=1S/C11H9Cl2NO2/c12-10(13)11(15)14-6-8-5-7-3-1-2-4-9(7)16-8/h1-5,10H,6H2,(H,14,15). The van der Waals surface area contributed by atoms with E-state index in [-0.39, 0.29) is 6.54 Å². The number of amides is 1. The molecule has 0 aliphatic heterocycles. The Labute approximate surface area is 102 Å². The van der Waals surface area contributed by atoms with Gasteiger partial charge in [-0.15, -0.1) is 0 Å². The largest absolute Gasteiger partial charge is 0.459 e. The highest BCUT2D eigenvalue weighted by atomic mass is 35.5. The maximum absolute atomic E-state index is 11.1. The predicted molar refractivity (Wildman–Crippen MR) is 63.6 cm³/mol. The van der Waals surface area contributed by atoms with Gasteiger partial charge in [0.25, 0.3) is 5.91 Å². The first-order chi connectivity index (χ1) is 7.66. The Bertz CT molecular complexity index is 474. The molecule has 1 amide bonds. The first-order valence-electron chi connectivity index (χ1n) is 4.70. The van der Waals surface area contributed by atoms with E-state index in [1.807, 2.05) is 30.3 Å². The van der Waals surface area contributed by atoms with Crippen LogP contribution >= 0.6 is 23.2 Å². The first-order valence-corrected chi connectivity index (χ1v) is 5.57. The fourth-order valence-corrected chi connectivity index (χ4v) is 1.53. The smallest absolute Gasteiger partial charge is 0.253 e. The number of carbonyl (C=O) groups is 1. The fourth-order valence-electron chi connectivity index (χ4n) is 1.38. The maximum atomic E-state index is 11.1. The topological polar surface area (TPSA) is 42.2 Å². The molecule has 84 valence electrons. The maximum Gasteiger partial charge on any atom is 0.253 e. The highest BCUT2D eigenvalue weighted by molar-refractivity contribution is 6.53. The number of halogens is 2. The monoisotopic (exact) mass is 257 g/mol. The number of nitrogens with one attached hydrogen (secondary N) is 1. The summed E-state index contributed by atoms with van der Waals surface area (Å²) in [4.78, 5) is 10.1. The Morgan fingerprint density at radius 3 is 2.81 bits per heavy atom. The number of fused-ring (bicyclic) bond motifs is 1. The van der Waals surface area contributed by atoms with Gasteiger partial charge in [0.05, 0.1) is 6.54 Å². The predicted octanol–water partition coefficient (Wildman–Crippen LogP) is 2.85. The third-order valence-corrected chi connectivity index (χ3v) is 2.51. The zero-order valence-corrected chi connectivity index (χ0v) is 9.76. The number of carbonyl (C=O) groups excluding carboxylic acids is 1. The molecule has 0 saturated carbocycles. The summed E-state index contributed by atoms with van der Waals surface area (Å²) in [6.45, 7) is 0.281. The number of furan rings is 1. The molecule has 0 atom stereocenters. The lowest BCUT2D eigenvalue weighted by Gasteiger charge is -2.02. The van der Waals surface area contributed by atoms with Crippen LogP contribution in [-0.2, 0) is 11.3 Å². The molecule has 2 aromatic rings. The summed E-state index contributed by atoms with van der Waals surface area (Å²) in [6, 6.07) is 9.49. The van der Waals surface area contributed by atoms with Gasteiger partial charge in [-0.2, -0.15) is 0 Å². The minimum absolute atomic E-state index is 0.281. The van der Waals surface area contributed by atoms with Crippen LogP contribution in [-0.4, -0.2) is 10.7 Å². The van der Waals surface area contributed by atoms with E-state index >= 15 is 0 Å². The molecular weight excluding hydrogens is 249 g/mol. The average Bonchev–Trinajstić information content (AvgIpc) is 2.68. The number of benzene rings is 1. The molecular formula is C11H9Cl2NO2. The van der Waals surface area contributed by atoms with Crippen molar-refractivity contribution in [3.63, 3.8) is 0 Å². The van der Waals surface area contributed by atoms with Crippen molar-refractivity contribution in [3.8, 4) is 0 Å². The Balaban J connectivity index is 2.07. The van der Waals surface area contributed by atoms with Crippen LogP contribution in [0.5, 0.6) is 0 Å². The van der Waals surface area contributed by atoms with Crippen LogP contribution in [0, 0.1) is 0 Å². The quantitative estimate of drug-likeness (QED) is 0.860. The minimum atomic E-state index is -1.05. The van der Waals surface area contributed by atoms with Gasteiger partial charge in [-0.05, 0) is 12.1 Å². The van der Waals surface area contributed by atoms with Crippen LogP contribution in [0.4, 0.5) is 0 Å². The van der Waals surface area contributed by atoms with Gasteiger partial charge in [-0.25, -0.2) is 0 Å². The third-order valence-electron chi connectivity index (χ3n) is 2.11. The molecule has 0 fully saturated rings. The zero-order chi connectivity index (χ0) is 11.5. The van der Waals surface area contributed by atoms with Crippen molar-refractivity contribution in [1.29, 1.82) is 0 Å². The van der Waals surface area contributed by atoms with Gasteiger partial charge in [-0.1, -0.05) is 41.4 Å². The average molecular weight is 258 g/mol. The minimum Gasteiger partial charge on any atom is -0.459 e. The van der Waals surface area contributed by atoms with Gasteiger partial charge >= 0.3 is 0 Å². The summed E-state index contributed by atoms with van der Waals surface area (Å²) in [7, 11) is 0. The van der Waals surface area contributed by atoms with Crippen LogP contribution in [0.25, 0.3) is 11.0 Å². The molecule has 0 aliphatic carbocycles. The van der Waals surface area contributed by atoms with Crippen molar-refractivity contribution < 1.29 is 9.21 Å². The molecule has 0 aliphatic rings. The number of para-hydroxylation sites is 1. The molecule has 5 heteroatoms. The van der Waals surface area contributed by atoms with Gasteiger partial charge < -0.3 is 9.73 Å². The van der Waals surface area contributed by atoms with E-state index in [4.69, 9.17) is 27.6 Å². The van der Waals surface area contributed by atoms with Gasteiger partial charge in [0, 0.05) is 5.39 Å². The second-order valence-electron chi connectivity index (χ2n) is 3.27. The lowest BCUT2D eigenvalue weighted by atomic mass is 10.2. The summed E-state index contributed by atoms with van der Waals surface area (Å²) < 4.78 is 5.50. The molecule has 2 rings (SSSR count). The Morgan fingerprint density at radius 1 is 1.38 bits per heavy atom. The molecule has 16 heavy (non-hydrogen) atoms. The van der Waals surface area contributed by atoms with Crippen LogP contribution < -0.4 is 5.32 Å². The second kappa shape index (κ2) is 4.76. The number of hydrogen-bond acceptors (Lipinski definition) is 2. The third kappa shape index (κ3) is 2.49. The summed E-state index contributed by atoms with van der Waals surface area (Å²) in [5, 5.41) is 3.56. The van der Waals surface area contributed by atoms with E-state index in [1.165, 1.54) is 0 Å². The van der Waals surface area contributed by atoms with Gasteiger partial charge in [0.15, 0.2) is 4.84 Å². The molecule has 0 radical (unpaired) electrons. The molecule has 0 unspecified atom stereocenters. The van der Waals surface area contributed by atoms with Crippen LogP contribution in [0.3, 0.4) is 0 Å². The molecule has 1 heterocycles. The van der Waals surface area contributed by atoms with E-state index in [2.05, 4.69) is 5.32 Å². The normalized spacial score (nSPS) is 10.9. The Morgan fingerprint density at radius 2 is 2.12 bits per heavy atom. The van der Waals surface area contributed by atoms with E-state index in [0.717, 1.165) is 11.0 Å². The summed E-state index contributed by atoms with van der Waals surface area (Å²) in [5.41, 5.74) is 0.792. The zero-order valence-electron chi connectivity index (χ0n) is 8.24. The Kier molecular flexibility index (Phi) is 3.36.